The Hall–Kier alpha value is -3.25. The monoisotopic (exact) mass is 554 g/mol. The molecule has 1 aliphatic rings. The highest BCUT2D eigenvalue weighted by Crippen LogP contribution is 2.30. The van der Waals surface area contributed by atoms with Gasteiger partial charge in [-0.25, -0.2) is 12.8 Å². The molecule has 2 N–H and O–H groups in total. The van der Waals surface area contributed by atoms with E-state index in [9.17, 15) is 30.8 Å². The highest BCUT2D eigenvalue weighted by atomic mass is 32.2. The molecule has 0 bridgehead atoms. The van der Waals surface area contributed by atoms with E-state index in [4.69, 9.17) is 0 Å². The zero-order valence-corrected chi connectivity index (χ0v) is 22.1. The lowest BCUT2D eigenvalue weighted by Gasteiger charge is -2.26. The number of aliphatic imine (C=N–C) groups is 1. The lowest BCUT2D eigenvalue weighted by molar-refractivity contribution is -0.137. The molecule has 12 heteroatoms. The second-order valence-corrected chi connectivity index (χ2v) is 11.5. The average Bonchev–Trinajstić information content (AvgIpc) is 3.24. The molecule has 0 unspecified atom stereocenters. The van der Waals surface area contributed by atoms with Gasteiger partial charge in [0.1, 0.15) is 17.2 Å². The Kier molecular flexibility index (Phi) is 8.67. The molecule has 0 fully saturated rings. The molecule has 2 aromatic carbocycles. The number of carbonyl (C=O) groups excluding carboxylic acids is 1. The number of amides is 1. The molecule has 206 valence electrons. The first-order valence-electron chi connectivity index (χ1n) is 11.9. The van der Waals surface area contributed by atoms with Gasteiger partial charge in [0.05, 0.1) is 17.0 Å². The molecule has 7 nitrogen and oxygen atoms in total. The molecule has 1 aliphatic heterocycles. The minimum Gasteiger partial charge on any atom is -0.355 e. The van der Waals surface area contributed by atoms with Gasteiger partial charge >= 0.3 is 6.18 Å². The lowest BCUT2D eigenvalue weighted by Crippen LogP contribution is -2.56. The first-order chi connectivity index (χ1) is 17.6. The van der Waals surface area contributed by atoms with Gasteiger partial charge in [-0.1, -0.05) is 18.7 Å². The van der Waals surface area contributed by atoms with Crippen molar-refractivity contribution in [3.8, 4) is 0 Å². The van der Waals surface area contributed by atoms with Crippen LogP contribution in [0.25, 0.3) is 0 Å². The largest absolute Gasteiger partial charge is 0.416 e. The summed E-state index contributed by atoms with van der Waals surface area (Å²) in [5.41, 5.74) is -1.04. The average molecular weight is 555 g/mol. The van der Waals surface area contributed by atoms with E-state index in [1.54, 1.807) is 6.92 Å². The maximum atomic E-state index is 13.4. The Balaban J connectivity index is 1.78. The summed E-state index contributed by atoms with van der Waals surface area (Å²) in [6.45, 7) is 9.22. The van der Waals surface area contributed by atoms with Gasteiger partial charge < -0.3 is 10.6 Å². The van der Waals surface area contributed by atoms with Crippen molar-refractivity contribution in [3.63, 3.8) is 0 Å². The molecule has 1 heterocycles. The number of nitrogens with zero attached hydrogens (tertiary/aromatic N) is 2. The number of hydrogen-bond acceptors (Lipinski definition) is 5. The van der Waals surface area contributed by atoms with Gasteiger partial charge in [0.25, 0.3) is 0 Å². The van der Waals surface area contributed by atoms with Crippen molar-refractivity contribution in [2.45, 2.75) is 56.4 Å². The van der Waals surface area contributed by atoms with Gasteiger partial charge in [0, 0.05) is 19.1 Å². The van der Waals surface area contributed by atoms with Crippen LogP contribution in [0, 0.1) is 5.82 Å². The molecule has 38 heavy (non-hydrogen) atoms. The Bertz CT molecular complexity index is 1310. The third kappa shape index (κ3) is 6.98. The molecule has 1 atom stereocenters. The van der Waals surface area contributed by atoms with Crippen LogP contribution in [-0.2, 0) is 27.5 Å². The van der Waals surface area contributed by atoms with E-state index in [1.165, 1.54) is 12.1 Å². The van der Waals surface area contributed by atoms with Gasteiger partial charge in [-0.05, 0) is 74.7 Å². The number of amidine groups is 1. The van der Waals surface area contributed by atoms with E-state index in [0.717, 1.165) is 40.7 Å². The summed E-state index contributed by atoms with van der Waals surface area (Å²) in [5, 5.41) is 5.89. The summed E-state index contributed by atoms with van der Waals surface area (Å²) in [4.78, 5) is 16.8. The Morgan fingerprint density at radius 1 is 1.16 bits per heavy atom. The topological polar surface area (TPSA) is 90.9 Å². The number of hydrogen-bond donors (Lipinski definition) is 2. The van der Waals surface area contributed by atoms with Crippen molar-refractivity contribution in [1.29, 1.82) is 0 Å². The molecule has 0 saturated carbocycles. The minimum absolute atomic E-state index is 0.0659. The zero-order chi connectivity index (χ0) is 28.3. The summed E-state index contributed by atoms with van der Waals surface area (Å²) in [6.07, 6.45) is -4.40. The maximum Gasteiger partial charge on any atom is 0.416 e. The smallest absolute Gasteiger partial charge is 0.355 e. The van der Waals surface area contributed by atoms with Crippen LogP contribution < -0.4 is 10.6 Å². The van der Waals surface area contributed by atoms with Gasteiger partial charge in [-0.2, -0.15) is 17.5 Å². The Morgan fingerprint density at radius 2 is 1.76 bits per heavy atom. The molecular weight excluding hydrogens is 524 g/mol. The van der Waals surface area contributed by atoms with Crippen molar-refractivity contribution in [2.75, 3.05) is 13.1 Å². The van der Waals surface area contributed by atoms with E-state index in [1.807, 2.05) is 13.8 Å². The maximum absolute atomic E-state index is 13.4. The SMILES string of the molecule is C=C(CCN(Cc1ccc(C(F)(F)F)cc1)S(=O)(=O)c1ccc(F)cc1)C1=NC[C@@](C)(C(=O)NC(C)C)N1. The van der Waals surface area contributed by atoms with Gasteiger partial charge in [-0.3, -0.25) is 9.79 Å². The van der Waals surface area contributed by atoms with Crippen LogP contribution in [0.5, 0.6) is 0 Å². The summed E-state index contributed by atoms with van der Waals surface area (Å²) < 4.78 is 80.2. The number of rotatable bonds is 10. The van der Waals surface area contributed by atoms with E-state index in [0.29, 0.717) is 17.0 Å². The van der Waals surface area contributed by atoms with Crippen LogP contribution in [0.15, 0.2) is 70.6 Å². The predicted molar refractivity (Wildman–Crippen MR) is 136 cm³/mol. The summed E-state index contributed by atoms with van der Waals surface area (Å²) >= 11 is 0. The fourth-order valence-electron chi connectivity index (χ4n) is 3.75. The third-order valence-corrected chi connectivity index (χ3v) is 7.82. The summed E-state index contributed by atoms with van der Waals surface area (Å²) in [5.74, 6) is -0.469. The first kappa shape index (κ1) is 29.3. The standard InChI is InChI=1S/C26H30F4N4O3S/c1-17(2)32-24(35)25(4)16-31-23(33-25)18(3)13-14-34(38(36,37)22-11-9-21(27)10-12-22)15-19-5-7-20(8-6-19)26(28,29)30/h5-12,17H,3,13-16H2,1-2,4H3,(H,31,33)(H,32,35)/t25-/m0/s1. The number of alkyl halides is 3. The first-order valence-corrected chi connectivity index (χ1v) is 13.3. The van der Waals surface area contributed by atoms with Gasteiger partial charge in [0.2, 0.25) is 15.9 Å². The van der Waals surface area contributed by atoms with Crippen LogP contribution in [0.3, 0.4) is 0 Å². The molecule has 0 aliphatic carbocycles. The van der Waals surface area contributed by atoms with Crippen molar-refractivity contribution in [2.24, 2.45) is 4.99 Å². The predicted octanol–water partition coefficient (Wildman–Crippen LogP) is 4.27. The van der Waals surface area contributed by atoms with E-state index < -0.39 is 33.1 Å². The molecule has 3 rings (SSSR count). The second kappa shape index (κ2) is 11.2. The van der Waals surface area contributed by atoms with Crippen LogP contribution in [0.4, 0.5) is 17.6 Å². The molecule has 0 radical (unpaired) electrons. The molecule has 0 aromatic heterocycles. The van der Waals surface area contributed by atoms with E-state index in [-0.39, 0.29) is 42.9 Å². The lowest BCUT2D eigenvalue weighted by atomic mass is 10.0. The van der Waals surface area contributed by atoms with Crippen molar-refractivity contribution in [3.05, 3.63) is 77.6 Å². The molecule has 0 spiro atoms. The third-order valence-electron chi connectivity index (χ3n) is 5.96. The van der Waals surface area contributed by atoms with Gasteiger partial charge in [0.15, 0.2) is 0 Å². The van der Waals surface area contributed by atoms with Crippen molar-refractivity contribution >= 4 is 21.8 Å². The molecule has 0 saturated heterocycles. The number of carbonyl (C=O) groups is 1. The van der Waals surface area contributed by atoms with Crippen LogP contribution >= 0.6 is 0 Å². The quantitative estimate of drug-likeness (QED) is 0.430. The molecular formula is C26H30F4N4O3S. The highest BCUT2D eigenvalue weighted by molar-refractivity contribution is 7.89. The fourth-order valence-corrected chi connectivity index (χ4v) is 5.18. The summed E-state index contributed by atoms with van der Waals surface area (Å²) in [6, 6.07) is 8.42. The molecule has 1 amide bonds. The Morgan fingerprint density at radius 3 is 2.32 bits per heavy atom. The highest BCUT2D eigenvalue weighted by Gasteiger charge is 2.39. The minimum atomic E-state index is -4.52. The van der Waals surface area contributed by atoms with Crippen LogP contribution in [-0.4, -0.2) is 49.1 Å². The fraction of sp³-hybridized carbons (Fsp3) is 0.385. The molecule has 2 aromatic rings. The van der Waals surface area contributed by atoms with E-state index >= 15 is 0 Å². The number of benzene rings is 2. The van der Waals surface area contributed by atoms with Gasteiger partial charge in [-0.15, -0.1) is 0 Å². The zero-order valence-electron chi connectivity index (χ0n) is 21.3. The number of sulfonamides is 1. The Labute approximate surface area is 219 Å². The van der Waals surface area contributed by atoms with Crippen LogP contribution in [0.1, 0.15) is 38.3 Å². The van der Waals surface area contributed by atoms with E-state index in [2.05, 4.69) is 22.2 Å². The van der Waals surface area contributed by atoms with Crippen molar-refractivity contribution < 1.29 is 30.8 Å². The van der Waals surface area contributed by atoms with Crippen molar-refractivity contribution in [1.82, 2.24) is 14.9 Å². The summed E-state index contributed by atoms with van der Waals surface area (Å²) in [7, 11) is -4.14. The second-order valence-electron chi connectivity index (χ2n) is 9.59. The normalized spacial score (nSPS) is 17.9. The number of halogens is 4. The number of nitrogens with one attached hydrogen (secondary N) is 2. The van der Waals surface area contributed by atoms with Crippen LogP contribution in [0.2, 0.25) is 0 Å².